The van der Waals surface area contributed by atoms with E-state index in [2.05, 4.69) is 0 Å². The van der Waals surface area contributed by atoms with Crippen LogP contribution in [0, 0.1) is 6.92 Å². The first kappa shape index (κ1) is 21.0. The Bertz CT molecular complexity index is 1160. The van der Waals surface area contributed by atoms with Gasteiger partial charge in [0.15, 0.2) is 0 Å². The third-order valence-corrected chi connectivity index (χ3v) is 5.93. The van der Waals surface area contributed by atoms with Crippen LogP contribution in [0.3, 0.4) is 0 Å². The molecular weight excluding hydrogens is 424 g/mol. The molecule has 0 amide bonds. The van der Waals surface area contributed by atoms with Gasteiger partial charge in [0.1, 0.15) is 6.10 Å². The van der Waals surface area contributed by atoms with Gasteiger partial charge in [0, 0.05) is 16.1 Å². The third kappa shape index (κ3) is 2.85. The lowest BCUT2D eigenvalue weighted by Gasteiger charge is -2.24. The molecule has 1 aliphatic heterocycles. The molecule has 2 aromatic rings. The van der Waals surface area contributed by atoms with E-state index in [1.165, 1.54) is 12.1 Å². The van der Waals surface area contributed by atoms with Crippen LogP contribution in [-0.4, -0.2) is 43.3 Å². The smallest absolute Gasteiger partial charge is 0.338 e. The van der Waals surface area contributed by atoms with Crippen molar-refractivity contribution in [1.29, 1.82) is 0 Å². The van der Waals surface area contributed by atoms with Gasteiger partial charge in [-0.3, -0.25) is 9.59 Å². The summed E-state index contributed by atoms with van der Waals surface area (Å²) in [6, 6.07) is 11.0. The number of esters is 2. The van der Waals surface area contributed by atoms with E-state index >= 15 is 0 Å². The maximum absolute atomic E-state index is 13.5. The zero-order valence-corrected chi connectivity index (χ0v) is 17.6. The molecule has 0 saturated heterocycles. The highest BCUT2D eigenvalue weighted by molar-refractivity contribution is 6.37. The number of carbonyl (C=O) groups excluding carboxylic acids is 4. The molecule has 31 heavy (non-hydrogen) atoms. The highest BCUT2D eigenvalue weighted by Crippen LogP contribution is 2.51. The van der Waals surface area contributed by atoms with Crippen molar-refractivity contribution in [1.82, 2.24) is 0 Å². The van der Waals surface area contributed by atoms with Gasteiger partial charge in [-0.25, -0.2) is 9.59 Å². The summed E-state index contributed by atoms with van der Waals surface area (Å²) in [6.07, 6.45) is -1.25. The zero-order chi connectivity index (χ0) is 22.5. The Morgan fingerprint density at radius 3 is 2.06 bits per heavy atom. The summed E-state index contributed by atoms with van der Waals surface area (Å²) in [7, 11) is 2.21. The maximum atomic E-state index is 13.5. The van der Waals surface area contributed by atoms with Crippen LogP contribution in [0.2, 0.25) is 5.02 Å². The Hall–Kier alpha value is -3.29. The van der Waals surface area contributed by atoms with Crippen LogP contribution in [0.15, 0.2) is 53.6 Å². The summed E-state index contributed by atoms with van der Waals surface area (Å²) in [6.45, 7) is 1.79. The van der Waals surface area contributed by atoms with Gasteiger partial charge in [-0.05, 0) is 24.1 Å². The number of benzene rings is 2. The third-order valence-electron chi connectivity index (χ3n) is 5.53. The average molecular weight is 441 g/mol. The Kier molecular flexibility index (Phi) is 5.03. The molecule has 1 heterocycles. The molecule has 0 aromatic heterocycles. The van der Waals surface area contributed by atoms with Gasteiger partial charge in [0.05, 0.1) is 25.4 Å². The van der Waals surface area contributed by atoms with Crippen molar-refractivity contribution in [2.75, 3.05) is 14.2 Å². The van der Waals surface area contributed by atoms with E-state index in [9.17, 15) is 19.2 Å². The summed E-state index contributed by atoms with van der Waals surface area (Å²) < 4.78 is 15.8. The lowest BCUT2D eigenvalue weighted by Crippen LogP contribution is -2.46. The molecule has 2 aliphatic rings. The lowest BCUT2D eigenvalue weighted by atomic mass is 9.86. The SMILES string of the molecule is COC(=O)C1=C(C(=O)OC)C2(OC1c1ccc(C)c(Cl)c1)C(=O)c1ccccc1C2=O. The summed E-state index contributed by atoms with van der Waals surface area (Å²) >= 11 is 6.25. The Morgan fingerprint density at radius 1 is 0.968 bits per heavy atom. The highest BCUT2D eigenvalue weighted by atomic mass is 35.5. The monoisotopic (exact) mass is 440 g/mol. The van der Waals surface area contributed by atoms with E-state index in [-0.39, 0.29) is 16.7 Å². The Balaban J connectivity index is 2.02. The molecular formula is C23H17ClO7. The summed E-state index contributed by atoms with van der Waals surface area (Å²) in [5.41, 5.74) is -1.75. The predicted octanol–water partition coefficient (Wildman–Crippen LogP) is 3.18. The quantitative estimate of drug-likeness (QED) is 0.534. The van der Waals surface area contributed by atoms with Crippen LogP contribution in [0.4, 0.5) is 0 Å². The average Bonchev–Trinajstić information content (AvgIpc) is 3.25. The predicted molar refractivity (Wildman–Crippen MR) is 109 cm³/mol. The first-order chi connectivity index (χ1) is 14.8. The normalized spacial score (nSPS) is 19.0. The van der Waals surface area contributed by atoms with Gasteiger partial charge in [-0.1, -0.05) is 48.0 Å². The molecule has 0 fully saturated rings. The van der Waals surface area contributed by atoms with Crippen molar-refractivity contribution in [2.45, 2.75) is 18.6 Å². The minimum Gasteiger partial charge on any atom is -0.466 e. The highest BCUT2D eigenvalue weighted by Gasteiger charge is 2.66. The molecule has 1 unspecified atom stereocenters. The fraction of sp³-hybridized carbons (Fsp3) is 0.217. The number of rotatable bonds is 3. The zero-order valence-electron chi connectivity index (χ0n) is 16.9. The molecule has 0 radical (unpaired) electrons. The summed E-state index contributed by atoms with van der Waals surface area (Å²) in [5.74, 6) is -3.43. The molecule has 1 spiro atoms. The van der Waals surface area contributed by atoms with Crippen LogP contribution < -0.4 is 0 Å². The van der Waals surface area contributed by atoms with E-state index in [0.717, 1.165) is 19.8 Å². The van der Waals surface area contributed by atoms with Gasteiger partial charge >= 0.3 is 11.9 Å². The van der Waals surface area contributed by atoms with E-state index in [4.69, 9.17) is 25.8 Å². The molecule has 4 rings (SSSR count). The minimum absolute atomic E-state index is 0.0979. The van der Waals surface area contributed by atoms with Gasteiger partial charge < -0.3 is 14.2 Å². The van der Waals surface area contributed by atoms with Crippen LogP contribution in [-0.2, 0) is 23.8 Å². The standard InChI is InChI=1S/C23H17ClO7/c1-11-8-9-12(10-15(11)24)18-16(21(27)29-2)17(22(28)30-3)23(31-18)19(25)13-6-4-5-7-14(13)20(23)26/h4-10,18H,1-3H3. The Morgan fingerprint density at radius 2 is 1.55 bits per heavy atom. The first-order valence-electron chi connectivity index (χ1n) is 9.31. The van der Waals surface area contributed by atoms with Crippen molar-refractivity contribution in [2.24, 2.45) is 0 Å². The fourth-order valence-corrected chi connectivity index (χ4v) is 4.18. The molecule has 158 valence electrons. The fourth-order valence-electron chi connectivity index (χ4n) is 3.99. The van der Waals surface area contributed by atoms with E-state index in [1.807, 2.05) is 0 Å². The van der Waals surface area contributed by atoms with E-state index in [1.54, 1.807) is 37.3 Å². The van der Waals surface area contributed by atoms with Crippen molar-refractivity contribution in [3.8, 4) is 0 Å². The van der Waals surface area contributed by atoms with Crippen LogP contribution in [0.25, 0.3) is 0 Å². The molecule has 0 saturated carbocycles. The van der Waals surface area contributed by atoms with Crippen molar-refractivity contribution in [3.05, 3.63) is 80.9 Å². The second kappa shape index (κ2) is 7.44. The number of Topliss-reactive ketones (excluding diaryl/α,β-unsaturated/α-hetero) is 2. The molecule has 1 atom stereocenters. The van der Waals surface area contributed by atoms with Crippen molar-refractivity contribution in [3.63, 3.8) is 0 Å². The molecule has 1 aliphatic carbocycles. The van der Waals surface area contributed by atoms with Gasteiger partial charge in [-0.15, -0.1) is 0 Å². The number of aryl methyl sites for hydroxylation is 1. The molecule has 0 bridgehead atoms. The number of hydrogen-bond acceptors (Lipinski definition) is 7. The molecule has 2 aromatic carbocycles. The van der Waals surface area contributed by atoms with Crippen molar-refractivity contribution >= 4 is 35.1 Å². The number of halogens is 1. The number of carbonyl (C=O) groups is 4. The second-order valence-corrected chi connectivity index (χ2v) is 7.57. The number of hydrogen-bond donors (Lipinski definition) is 0. The molecule has 7 nitrogen and oxygen atoms in total. The van der Waals surface area contributed by atoms with Gasteiger partial charge in [0.2, 0.25) is 17.2 Å². The lowest BCUT2D eigenvalue weighted by molar-refractivity contribution is -0.139. The number of fused-ring (bicyclic) bond motifs is 1. The number of ether oxygens (including phenoxy) is 3. The van der Waals surface area contributed by atoms with Gasteiger partial charge in [-0.2, -0.15) is 0 Å². The number of ketones is 2. The van der Waals surface area contributed by atoms with Crippen LogP contribution in [0.5, 0.6) is 0 Å². The first-order valence-corrected chi connectivity index (χ1v) is 9.69. The topological polar surface area (TPSA) is 96.0 Å². The van der Waals surface area contributed by atoms with Crippen LogP contribution in [0.1, 0.15) is 37.9 Å². The summed E-state index contributed by atoms with van der Waals surface area (Å²) in [4.78, 5) is 52.5. The van der Waals surface area contributed by atoms with E-state index in [0.29, 0.717) is 10.6 Å². The second-order valence-electron chi connectivity index (χ2n) is 7.16. The maximum Gasteiger partial charge on any atom is 0.338 e. The molecule has 0 N–H and O–H groups in total. The number of methoxy groups -OCH3 is 2. The molecule has 8 heteroatoms. The largest absolute Gasteiger partial charge is 0.466 e. The van der Waals surface area contributed by atoms with Gasteiger partial charge in [0.25, 0.3) is 0 Å². The van der Waals surface area contributed by atoms with Crippen LogP contribution >= 0.6 is 11.6 Å². The van der Waals surface area contributed by atoms with Crippen molar-refractivity contribution < 1.29 is 33.4 Å². The summed E-state index contributed by atoms with van der Waals surface area (Å²) in [5, 5.41) is 0.387. The minimum atomic E-state index is -2.34. The Labute approximate surface area is 182 Å². The van der Waals surface area contributed by atoms with E-state index < -0.39 is 40.8 Å².